The van der Waals surface area contributed by atoms with E-state index in [1.165, 1.54) is 186 Å². The molecule has 1 N–H and O–H groups in total. The Kier molecular flexibility index (Phi) is 40.4. The minimum Gasteiger partial charge on any atom is -0.462 e. The number of carbonyl (C=O) groups is 2. The molecule has 0 spiro atoms. The van der Waals surface area contributed by atoms with E-state index in [2.05, 4.69) is 13.8 Å². The fourth-order valence-corrected chi connectivity index (χ4v) is 6.79. The van der Waals surface area contributed by atoms with E-state index in [0.29, 0.717) is 12.8 Å². The molecule has 0 aliphatic heterocycles. The topological polar surface area (TPSA) is 72.8 Å². The van der Waals surface area contributed by atoms with Gasteiger partial charge in [0.25, 0.3) is 0 Å². The molecular weight excluding hydrogens is 608 g/mol. The van der Waals surface area contributed by atoms with Gasteiger partial charge >= 0.3 is 11.9 Å². The smallest absolute Gasteiger partial charge is 0.306 e. The highest BCUT2D eigenvalue weighted by Gasteiger charge is 2.16. The van der Waals surface area contributed by atoms with Gasteiger partial charge in [-0.05, 0) is 12.8 Å². The maximum atomic E-state index is 12.1. The molecule has 292 valence electrons. The maximum Gasteiger partial charge on any atom is 0.306 e. The Balaban J connectivity index is 3.32. The summed E-state index contributed by atoms with van der Waals surface area (Å²) in [6, 6.07) is 0. The van der Waals surface area contributed by atoms with Crippen molar-refractivity contribution in [1.29, 1.82) is 0 Å². The number of unbranched alkanes of at least 4 members (excludes halogenated alkanes) is 33. The van der Waals surface area contributed by atoms with E-state index in [4.69, 9.17) is 9.47 Å². The molecule has 0 saturated carbocycles. The van der Waals surface area contributed by atoms with Crippen LogP contribution in [-0.2, 0) is 19.1 Å². The summed E-state index contributed by atoms with van der Waals surface area (Å²) in [5, 5.41) is 9.50. The minimum absolute atomic E-state index is 0.0590. The second-order valence-corrected chi connectivity index (χ2v) is 15.1. The van der Waals surface area contributed by atoms with Crippen LogP contribution in [0.4, 0.5) is 0 Å². The van der Waals surface area contributed by atoms with Crippen molar-refractivity contribution in [3.8, 4) is 0 Å². The molecule has 0 bridgehead atoms. The van der Waals surface area contributed by atoms with Crippen LogP contribution in [0.5, 0.6) is 0 Å². The molecule has 0 heterocycles. The number of esters is 2. The molecule has 0 aromatic heterocycles. The lowest BCUT2D eigenvalue weighted by molar-refractivity contribution is -0.161. The van der Waals surface area contributed by atoms with Gasteiger partial charge in [-0.25, -0.2) is 0 Å². The molecule has 1 unspecified atom stereocenters. The van der Waals surface area contributed by atoms with Crippen LogP contribution in [0.2, 0.25) is 0 Å². The van der Waals surface area contributed by atoms with Crippen molar-refractivity contribution in [3.05, 3.63) is 0 Å². The van der Waals surface area contributed by atoms with Crippen molar-refractivity contribution in [2.24, 2.45) is 0 Å². The van der Waals surface area contributed by atoms with E-state index in [1.807, 2.05) is 0 Å². The fraction of sp³-hybridized carbons (Fsp3) is 0.955. The molecule has 49 heavy (non-hydrogen) atoms. The second-order valence-electron chi connectivity index (χ2n) is 15.1. The van der Waals surface area contributed by atoms with Crippen LogP contribution in [0.3, 0.4) is 0 Å². The Morgan fingerprint density at radius 2 is 0.633 bits per heavy atom. The summed E-state index contributed by atoms with van der Waals surface area (Å²) in [5.41, 5.74) is 0. The number of rotatable bonds is 41. The maximum absolute atomic E-state index is 12.1. The van der Waals surface area contributed by atoms with Gasteiger partial charge in [-0.2, -0.15) is 0 Å². The van der Waals surface area contributed by atoms with Gasteiger partial charge in [0.1, 0.15) is 6.61 Å². The highest BCUT2D eigenvalue weighted by Crippen LogP contribution is 2.17. The standard InChI is InChI=1S/C44H86O5/c1-3-5-7-9-11-12-13-14-15-16-17-18-19-20-21-22-23-24-25-26-27-28-29-30-31-32-33-35-37-39-44(47)49-42(40-45)41-48-43(46)38-36-34-10-8-6-4-2/h42,45H,3-41H2,1-2H3. The van der Waals surface area contributed by atoms with Crippen molar-refractivity contribution in [3.63, 3.8) is 0 Å². The second kappa shape index (κ2) is 41.3. The first kappa shape index (κ1) is 47.9. The molecule has 5 heteroatoms. The van der Waals surface area contributed by atoms with Crippen LogP contribution in [0.15, 0.2) is 0 Å². The summed E-state index contributed by atoms with van der Waals surface area (Å²) >= 11 is 0. The van der Waals surface area contributed by atoms with Crippen LogP contribution >= 0.6 is 0 Å². The average molecular weight is 695 g/mol. The van der Waals surface area contributed by atoms with Gasteiger partial charge in [0.15, 0.2) is 6.10 Å². The van der Waals surface area contributed by atoms with Gasteiger partial charge in [-0.3, -0.25) is 9.59 Å². The first-order valence-corrected chi connectivity index (χ1v) is 22.1. The molecule has 5 nitrogen and oxygen atoms in total. The number of aliphatic hydroxyl groups excluding tert-OH is 1. The van der Waals surface area contributed by atoms with Gasteiger partial charge in [0.2, 0.25) is 0 Å². The van der Waals surface area contributed by atoms with Gasteiger partial charge in [-0.15, -0.1) is 0 Å². The first-order valence-electron chi connectivity index (χ1n) is 22.1. The van der Waals surface area contributed by atoms with E-state index in [0.717, 1.165) is 38.5 Å². The number of ether oxygens (including phenoxy) is 2. The first-order chi connectivity index (χ1) is 24.1. The molecule has 0 saturated heterocycles. The molecule has 0 aliphatic rings. The van der Waals surface area contributed by atoms with Gasteiger partial charge < -0.3 is 14.6 Å². The lowest BCUT2D eigenvalue weighted by Gasteiger charge is -2.15. The summed E-state index contributed by atoms with van der Waals surface area (Å²) < 4.78 is 10.5. The number of hydrogen-bond acceptors (Lipinski definition) is 5. The van der Waals surface area contributed by atoms with Gasteiger partial charge in [0, 0.05) is 12.8 Å². The summed E-state index contributed by atoms with van der Waals surface area (Å²) in [6.45, 7) is 4.10. The molecule has 0 aliphatic carbocycles. The quantitative estimate of drug-likeness (QED) is 0.0509. The third kappa shape index (κ3) is 39.5. The van der Waals surface area contributed by atoms with Crippen molar-refractivity contribution in [2.75, 3.05) is 13.2 Å². The van der Waals surface area contributed by atoms with E-state index >= 15 is 0 Å². The summed E-state index contributed by atoms with van der Waals surface area (Å²) in [5.74, 6) is -0.586. The zero-order valence-electron chi connectivity index (χ0n) is 33.2. The molecule has 0 radical (unpaired) electrons. The monoisotopic (exact) mass is 695 g/mol. The average Bonchev–Trinajstić information content (AvgIpc) is 3.10. The van der Waals surface area contributed by atoms with E-state index in [1.54, 1.807) is 0 Å². The predicted molar refractivity (Wildman–Crippen MR) is 210 cm³/mol. The molecular formula is C44H86O5. The largest absolute Gasteiger partial charge is 0.462 e. The SMILES string of the molecule is CCCCCCCCCCCCCCCCCCCCCCCCCCCCCCCC(=O)OC(CO)COC(=O)CCCCCCCC. The molecule has 0 fully saturated rings. The molecule has 0 aromatic carbocycles. The highest BCUT2D eigenvalue weighted by atomic mass is 16.6. The van der Waals surface area contributed by atoms with E-state index in [-0.39, 0.29) is 25.2 Å². The van der Waals surface area contributed by atoms with Crippen LogP contribution in [-0.4, -0.2) is 36.4 Å². The summed E-state index contributed by atoms with van der Waals surface area (Å²) in [6.07, 6.45) is 46.6. The Morgan fingerprint density at radius 3 is 0.898 bits per heavy atom. The third-order valence-electron chi connectivity index (χ3n) is 10.2. The fourth-order valence-electron chi connectivity index (χ4n) is 6.79. The van der Waals surface area contributed by atoms with Crippen LogP contribution in [0.25, 0.3) is 0 Å². The van der Waals surface area contributed by atoms with Crippen molar-refractivity contribution in [2.45, 2.75) is 258 Å². The molecule has 0 amide bonds. The Labute approximate surface area is 306 Å². The highest BCUT2D eigenvalue weighted by molar-refractivity contribution is 5.70. The molecule has 1 atom stereocenters. The van der Waals surface area contributed by atoms with Crippen molar-refractivity contribution < 1.29 is 24.2 Å². The molecule has 0 rings (SSSR count). The summed E-state index contributed by atoms with van der Waals surface area (Å²) in [4.78, 5) is 24.0. The zero-order valence-corrected chi connectivity index (χ0v) is 33.2. The Hall–Kier alpha value is -1.10. The number of aliphatic hydroxyl groups is 1. The lowest BCUT2D eigenvalue weighted by Crippen LogP contribution is -2.28. The van der Waals surface area contributed by atoms with Crippen LogP contribution in [0, 0.1) is 0 Å². The van der Waals surface area contributed by atoms with Crippen molar-refractivity contribution in [1.82, 2.24) is 0 Å². The molecule has 0 aromatic rings. The van der Waals surface area contributed by atoms with E-state index < -0.39 is 6.10 Å². The number of carbonyl (C=O) groups excluding carboxylic acids is 2. The van der Waals surface area contributed by atoms with Crippen molar-refractivity contribution >= 4 is 11.9 Å². The van der Waals surface area contributed by atoms with Gasteiger partial charge in [-0.1, -0.05) is 226 Å². The van der Waals surface area contributed by atoms with Crippen LogP contribution < -0.4 is 0 Å². The normalized spacial score (nSPS) is 12.0. The Morgan fingerprint density at radius 1 is 0.388 bits per heavy atom. The predicted octanol–water partition coefficient (Wildman–Crippen LogP) is 13.9. The van der Waals surface area contributed by atoms with Gasteiger partial charge in [0.05, 0.1) is 6.61 Å². The van der Waals surface area contributed by atoms with E-state index in [9.17, 15) is 14.7 Å². The number of hydrogen-bond donors (Lipinski definition) is 1. The lowest BCUT2D eigenvalue weighted by atomic mass is 10.0. The minimum atomic E-state index is -0.760. The summed E-state index contributed by atoms with van der Waals surface area (Å²) in [7, 11) is 0. The van der Waals surface area contributed by atoms with Crippen LogP contribution in [0.1, 0.15) is 251 Å². The zero-order chi connectivity index (χ0) is 35.7. The Bertz CT molecular complexity index is 666. The third-order valence-corrected chi connectivity index (χ3v) is 10.2.